The van der Waals surface area contributed by atoms with Gasteiger partial charge < -0.3 is 19.1 Å². The third-order valence-corrected chi connectivity index (χ3v) is 7.46. The molecule has 0 spiro atoms. The van der Waals surface area contributed by atoms with Crippen LogP contribution in [0.2, 0.25) is 0 Å². The number of nitrogens with zero attached hydrogens (tertiary/aromatic N) is 4. The van der Waals surface area contributed by atoms with Gasteiger partial charge in [0, 0.05) is 36.8 Å². The molecule has 0 bridgehead atoms. The highest BCUT2D eigenvalue weighted by Crippen LogP contribution is 2.30. The van der Waals surface area contributed by atoms with Crippen molar-refractivity contribution in [2.45, 2.75) is 52.1 Å². The van der Waals surface area contributed by atoms with E-state index in [1.807, 2.05) is 27.8 Å². The number of carbonyl (C=O) groups is 3. The number of rotatable bonds is 6. The molecule has 0 unspecified atom stereocenters. The quantitative estimate of drug-likeness (QED) is 0.347. The predicted molar refractivity (Wildman–Crippen MR) is 138 cm³/mol. The fraction of sp³-hybridized carbons (Fsp3) is 0.462. The highest BCUT2D eigenvalue weighted by atomic mass is 32.1. The zero-order chi connectivity index (χ0) is 25.3. The van der Waals surface area contributed by atoms with E-state index in [4.69, 9.17) is 17.0 Å². The summed E-state index contributed by atoms with van der Waals surface area (Å²) in [6, 6.07) is 6.29. The third-order valence-electron chi connectivity index (χ3n) is 6.96. The Morgan fingerprint density at radius 2 is 2.00 bits per heavy atom. The smallest absolute Gasteiger partial charge is 0.325 e. The van der Waals surface area contributed by atoms with Crippen LogP contribution in [-0.4, -0.2) is 75.5 Å². The third kappa shape index (κ3) is 4.69. The normalized spacial score (nSPS) is 19.8. The average molecular weight is 497 g/mol. The molecule has 2 saturated heterocycles. The Hall–Kier alpha value is -3.20. The van der Waals surface area contributed by atoms with Gasteiger partial charge in [0.15, 0.2) is 5.11 Å². The molecule has 2 aromatic rings. The number of aromatic nitrogens is 1. The summed E-state index contributed by atoms with van der Waals surface area (Å²) >= 11 is 5.41. The van der Waals surface area contributed by atoms with Crippen molar-refractivity contribution in [1.82, 2.24) is 19.3 Å². The highest BCUT2D eigenvalue weighted by molar-refractivity contribution is 7.80. The van der Waals surface area contributed by atoms with Crippen LogP contribution in [0, 0.1) is 0 Å². The van der Waals surface area contributed by atoms with E-state index in [9.17, 15) is 14.4 Å². The van der Waals surface area contributed by atoms with Crippen molar-refractivity contribution in [3.63, 3.8) is 0 Å². The highest BCUT2D eigenvalue weighted by Gasteiger charge is 2.37. The molecule has 2 fully saturated rings. The number of thiocarbonyl (C=S) groups is 1. The van der Waals surface area contributed by atoms with E-state index in [0.29, 0.717) is 5.70 Å². The summed E-state index contributed by atoms with van der Waals surface area (Å²) < 4.78 is 6.80. The molecule has 186 valence electrons. The number of para-hydroxylation sites is 1. The number of hydrogen-bond donors (Lipinski definition) is 0. The molecule has 1 aromatic carbocycles. The largest absolute Gasteiger partial charge is 0.468 e. The van der Waals surface area contributed by atoms with Crippen LogP contribution in [0.3, 0.4) is 0 Å². The number of amides is 2. The zero-order valence-electron chi connectivity index (χ0n) is 20.7. The molecular weight excluding hydrogens is 464 g/mol. The second-order valence-corrected chi connectivity index (χ2v) is 9.51. The molecule has 0 saturated carbocycles. The van der Waals surface area contributed by atoms with Crippen molar-refractivity contribution in [3.05, 3.63) is 41.2 Å². The minimum Gasteiger partial charge on any atom is -0.468 e. The summed E-state index contributed by atoms with van der Waals surface area (Å²) in [5.74, 6) is -0.674. The van der Waals surface area contributed by atoms with Gasteiger partial charge in [-0.15, -0.1) is 0 Å². The van der Waals surface area contributed by atoms with Crippen molar-refractivity contribution in [2.75, 3.05) is 27.2 Å². The lowest BCUT2D eigenvalue weighted by atomic mass is 10.0. The topological polar surface area (TPSA) is 75.1 Å². The minimum atomic E-state index is -0.488. The monoisotopic (exact) mass is 496 g/mol. The van der Waals surface area contributed by atoms with E-state index in [2.05, 4.69) is 19.9 Å². The lowest BCUT2D eigenvalue weighted by molar-refractivity contribution is -0.140. The molecule has 1 aromatic heterocycles. The molecule has 0 N–H and O–H groups in total. The molecular formula is C26H32N4O4S. The van der Waals surface area contributed by atoms with Crippen LogP contribution in [0.1, 0.15) is 44.2 Å². The first-order valence-corrected chi connectivity index (χ1v) is 12.5. The van der Waals surface area contributed by atoms with E-state index in [0.717, 1.165) is 54.3 Å². The number of hydrogen-bond acceptors (Lipinski definition) is 5. The van der Waals surface area contributed by atoms with Gasteiger partial charge in [-0.2, -0.15) is 0 Å². The van der Waals surface area contributed by atoms with Gasteiger partial charge in [-0.3, -0.25) is 19.3 Å². The summed E-state index contributed by atoms with van der Waals surface area (Å²) in [5.41, 5.74) is 3.22. The van der Waals surface area contributed by atoms with Crippen LogP contribution in [0.15, 0.2) is 30.1 Å². The van der Waals surface area contributed by atoms with Crippen molar-refractivity contribution < 1.29 is 19.1 Å². The van der Waals surface area contributed by atoms with Gasteiger partial charge in [0.05, 0.1) is 12.6 Å². The van der Waals surface area contributed by atoms with E-state index >= 15 is 0 Å². The van der Waals surface area contributed by atoms with Crippen molar-refractivity contribution in [1.29, 1.82) is 0 Å². The first kappa shape index (κ1) is 24.9. The fourth-order valence-corrected chi connectivity index (χ4v) is 5.23. The number of likely N-dealkylation sites (N-methyl/N-ethyl adjacent to an activating group) is 1. The van der Waals surface area contributed by atoms with E-state index in [-0.39, 0.29) is 36.1 Å². The molecule has 1 atom stereocenters. The van der Waals surface area contributed by atoms with Crippen LogP contribution < -0.4 is 0 Å². The number of ether oxygens (including phenoxy) is 1. The van der Waals surface area contributed by atoms with Gasteiger partial charge in [0.1, 0.15) is 18.8 Å². The minimum absolute atomic E-state index is 0.101. The maximum absolute atomic E-state index is 13.3. The predicted octanol–water partition coefficient (Wildman–Crippen LogP) is 3.18. The van der Waals surface area contributed by atoms with Gasteiger partial charge >= 0.3 is 5.97 Å². The van der Waals surface area contributed by atoms with E-state index < -0.39 is 5.97 Å². The van der Waals surface area contributed by atoms with Gasteiger partial charge in [-0.05, 0) is 56.5 Å². The molecule has 0 aliphatic carbocycles. The van der Waals surface area contributed by atoms with Crippen molar-refractivity contribution >= 4 is 52.1 Å². The number of benzene rings is 1. The molecule has 9 heteroatoms. The number of fused-ring (bicyclic) bond motifs is 1. The number of piperidine rings is 1. The maximum atomic E-state index is 13.3. The second kappa shape index (κ2) is 10.2. The van der Waals surface area contributed by atoms with Crippen LogP contribution in [0.4, 0.5) is 0 Å². The lowest BCUT2D eigenvalue weighted by Gasteiger charge is -2.33. The molecule has 8 nitrogen and oxygen atoms in total. The van der Waals surface area contributed by atoms with Crippen LogP contribution in [0.5, 0.6) is 0 Å². The Morgan fingerprint density at radius 3 is 2.69 bits per heavy atom. The Labute approximate surface area is 211 Å². The van der Waals surface area contributed by atoms with E-state index in [1.165, 1.54) is 16.9 Å². The van der Waals surface area contributed by atoms with Gasteiger partial charge in [0.2, 0.25) is 5.91 Å². The molecule has 2 amide bonds. The van der Waals surface area contributed by atoms with Gasteiger partial charge in [-0.1, -0.05) is 25.1 Å². The summed E-state index contributed by atoms with van der Waals surface area (Å²) in [4.78, 5) is 43.1. The summed E-state index contributed by atoms with van der Waals surface area (Å²) in [6.07, 6.45) is 7.71. The molecule has 35 heavy (non-hydrogen) atoms. The number of esters is 1. The Balaban J connectivity index is 1.77. The second-order valence-electron chi connectivity index (χ2n) is 9.15. The maximum Gasteiger partial charge on any atom is 0.325 e. The first-order chi connectivity index (χ1) is 16.8. The molecule has 0 radical (unpaired) electrons. The Morgan fingerprint density at radius 1 is 1.23 bits per heavy atom. The molecule has 2 aliphatic heterocycles. The van der Waals surface area contributed by atoms with Gasteiger partial charge in [-0.25, -0.2) is 0 Å². The van der Waals surface area contributed by atoms with Crippen molar-refractivity contribution in [2.24, 2.45) is 0 Å². The Kier molecular flexibility index (Phi) is 7.25. The van der Waals surface area contributed by atoms with E-state index in [1.54, 1.807) is 13.1 Å². The Bertz CT molecular complexity index is 1220. The van der Waals surface area contributed by atoms with Crippen LogP contribution in [-0.2, 0) is 32.1 Å². The van der Waals surface area contributed by atoms with Crippen LogP contribution >= 0.6 is 12.2 Å². The number of methoxy groups -OCH3 is 1. The number of carbonyl (C=O) groups excluding carboxylic acids is 3. The standard InChI is InChI=1S/C26H32N4O4S/c1-5-18-10-8-11-20-19(13-21-25(33)27(3)26(35)30(21)16-23(32)34-4)14-28(24(18)20)15-22(31)29-12-7-6-9-17(29)2/h8,10-11,13-14,17H,5-7,9,12,15-16H2,1-4H3/b21-13-/t17-/m0/s1. The lowest BCUT2D eigenvalue weighted by Crippen LogP contribution is -2.43. The fourth-order valence-electron chi connectivity index (χ4n) is 4.99. The molecule has 3 heterocycles. The van der Waals surface area contributed by atoms with Crippen LogP contribution in [0.25, 0.3) is 17.0 Å². The summed E-state index contributed by atoms with van der Waals surface area (Å²) in [6.45, 7) is 5.07. The first-order valence-electron chi connectivity index (χ1n) is 12.0. The molecule has 4 rings (SSSR count). The zero-order valence-corrected chi connectivity index (χ0v) is 21.6. The van der Waals surface area contributed by atoms with Crippen molar-refractivity contribution in [3.8, 4) is 0 Å². The number of aryl methyl sites for hydroxylation is 1. The number of likely N-dealkylation sites (tertiary alicyclic amines) is 1. The SMILES string of the molecule is CCc1cccc2c(/C=C3/C(=O)N(C)C(=S)N3CC(=O)OC)cn(CC(=O)N3CCCC[C@@H]3C)c12. The summed E-state index contributed by atoms with van der Waals surface area (Å²) in [5, 5.41) is 1.20. The molecule has 2 aliphatic rings. The van der Waals surface area contributed by atoms with Gasteiger partial charge in [0.25, 0.3) is 5.91 Å². The summed E-state index contributed by atoms with van der Waals surface area (Å²) in [7, 11) is 2.89. The average Bonchev–Trinajstić information content (AvgIpc) is 3.30.